The van der Waals surface area contributed by atoms with E-state index in [4.69, 9.17) is 20.6 Å². The molecule has 0 saturated carbocycles. The number of para-hydroxylation sites is 1. The highest BCUT2D eigenvalue weighted by Gasteiger charge is 2.11. The minimum Gasteiger partial charge on any atom is -0.493 e. The van der Waals surface area contributed by atoms with E-state index in [9.17, 15) is 0 Å². The van der Waals surface area contributed by atoms with Crippen molar-refractivity contribution in [3.05, 3.63) is 76.8 Å². The molecule has 142 valence electrons. The molecule has 0 bridgehead atoms. The maximum atomic E-state index is 5.81. The van der Waals surface area contributed by atoms with E-state index in [2.05, 4.69) is 27.2 Å². The third kappa shape index (κ3) is 5.21. The zero-order valence-electron chi connectivity index (χ0n) is 15.4. The molecule has 0 heterocycles. The summed E-state index contributed by atoms with van der Waals surface area (Å²) in [5.41, 5.74) is 2.03. The number of nitrogens with one attached hydrogen (secondary N) is 1. The first-order valence-electron chi connectivity index (χ1n) is 8.69. The molecule has 0 atom stereocenters. The van der Waals surface area contributed by atoms with Crippen LogP contribution < -0.4 is 19.5 Å². The Labute approximate surface area is 173 Å². The molecule has 0 aliphatic heterocycles. The van der Waals surface area contributed by atoms with Gasteiger partial charge in [-0.15, -0.1) is 6.42 Å². The maximum Gasteiger partial charge on any atom is 0.176 e. The van der Waals surface area contributed by atoms with Crippen molar-refractivity contribution >= 4 is 21.6 Å². The van der Waals surface area contributed by atoms with Crippen molar-refractivity contribution < 1.29 is 14.2 Å². The Hall–Kier alpha value is -3.10. The van der Waals surface area contributed by atoms with E-state index in [0.717, 1.165) is 27.2 Å². The summed E-state index contributed by atoms with van der Waals surface area (Å²) in [4.78, 5) is 0. The van der Waals surface area contributed by atoms with Crippen LogP contribution in [0.2, 0.25) is 0 Å². The summed E-state index contributed by atoms with van der Waals surface area (Å²) >= 11 is 3.52. The second-order valence-electron chi connectivity index (χ2n) is 5.89. The van der Waals surface area contributed by atoms with E-state index in [0.29, 0.717) is 18.0 Å². The Kier molecular flexibility index (Phi) is 6.83. The molecule has 0 radical (unpaired) electrons. The SMILES string of the molecule is C#CCOc1c(Br)cc(CNc2ccc(Oc3ccccc3)cc2)cc1OC. The van der Waals surface area contributed by atoms with Crippen LogP contribution in [0.1, 0.15) is 5.56 Å². The van der Waals surface area contributed by atoms with Gasteiger partial charge in [0.05, 0.1) is 11.6 Å². The smallest absolute Gasteiger partial charge is 0.176 e. The molecule has 0 fully saturated rings. The fourth-order valence-electron chi connectivity index (χ4n) is 2.60. The number of terminal acetylenes is 1. The fraction of sp³-hybridized carbons (Fsp3) is 0.130. The molecule has 0 unspecified atom stereocenters. The number of ether oxygens (including phenoxy) is 3. The maximum absolute atomic E-state index is 5.81. The van der Waals surface area contributed by atoms with Gasteiger partial charge in [0.25, 0.3) is 0 Å². The topological polar surface area (TPSA) is 39.7 Å². The van der Waals surface area contributed by atoms with Crippen molar-refractivity contribution in [2.45, 2.75) is 6.54 Å². The average molecular weight is 438 g/mol. The molecular weight excluding hydrogens is 418 g/mol. The van der Waals surface area contributed by atoms with Gasteiger partial charge in [0.2, 0.25) is 0 Å². The second kappa shape index (κ2) is 9.72. The van der Waals surface area contributed by atoms with E-state index >= 15 is 0 Å². The summed E-state index contributed by atoms with van der Waals surface area (Å²) < 4.78 is 17.6. The molecule has 5 heteroatoms. The third-order valence-electron chi connectivity index (χ3n) is 3.92. The highest BCUT2D eigenvalue weighted by molar-refractivity contribution is 9.10. The van der Waals surface area contributed by atoms with Gasteiger partial charge < -0.3 is 19.5 Å². The van der Waals surface area contributed by atoms with Crippen molar-refractivity contribution in [3.63, 3.8) is 0 Å². The lowest BCUT2D eigenvalue weighted by atomic mass is 10.2. The van der Waals surface area contributed by atoms with Gasteiger partial charge in [-0.2, -0.15) is 0 Å². The van der Waals surface area contributed by atoms with Gasteiger partial charge in [-0.3, -0.25) is 0 Å². The van der Waals surface area contributed by atoms with Crippen LogP contribution in [0.3, 0.4) is 0 Å². The van der Waals surface area contributed by atoms with Gasteiger partial charge in [-0.05, 0) is 70.0 Å². The molecule has 0 aliphatic carbocycles. The fourth-order valence-corrected chi connectivity index (χ4v) is 3.20. The quantitative estimate of drug-likeness (QED) is 0.447. The zero-order chi connectivity index (χ0) is 19.8. The lowest BCUT2D eigenvalue weighted by molar-refractivity contribution is 0.328. The van der Waals surface area contributed by atoms with E-state index in [1.807, 2.05) is 66.7 Å². The normalized spacial score (nSPS) is 10.0. The Bertz CT molecular complexity index is 950. The van der Waals surface area contributed by atoms with Crippen LogP contribution in [-0.4, -0.2) is 13.7 Å². The third-order valence-corrected chi connectivity index (χ3v) is 4.51. The molecule has 4 nitrogen and oxygen atoms in total. The van der Waals surface area contributed by atoms with Crippen LogP contribution in [0, 0.1) is 12.3 Å². The van der Waals surface area contributed by atoms with Crippen molar-refractivity contribution in [1.29, 1.82) is 0 Å². The Morgan fingerprint density at radius 2 is 1.71 bits per heavy atom. The van der Waals surface area contributed by atoms with Gasteiger partial charge in [0.15, 0.2) is 11.5 Å². The number of methoxy groups -OCH3 is 1. The van der Waals surface area contributed by atoms with Crippen molar-refractivity contribution in [2.24, 2.45) is 0 Å². The lowest BCUT2D eigenvalue weighted by Gasteiger charge is -2.14. The number of hydrogen-bond acceptors (Lipinski definition) is 4. The second-order valence-corrected chi connectivity index (χ2v) is 6.75. The van der Waals surface area contributed by atoms with Crippen molar-refractivity contribution in [1.82, 2.24) is 0 Å². The van der Waals surface area contributed by atoms with Gasteiger partial charge in [0, 0.05) is 12.2 Å². The number of anilines is 1. The summed E-state index contributed by atoms with van der Waals surface area (Å²) in [6.45, 7) is 0.813. The zero-order valence-corrected chi connectivity index (χ0v) is 17.0. The largest absolute Gasteiger partial charge is 0.493 e. The monoisotopic (exact) mass is 437 g/mol. The first kappa shape index (κ1) is 19.7. The van der Waals surface area contributed by atoms with Crippen molar-refractivity contribution in [3.8, 4) is 35.3 Å². The molecule has 0 aliphatic rings. The number of benzene rings is 3. The van der Waals surface area contributed by atoms with Crippen LogP contribution in [0.25, 0.3) is 0 Å². The van der Waals surface area contributed by atoms with Gasteiger partial charge in [0.1, 0.15) is 18.1 Å². The van der Waals surface area contributed by atoms with Crippen LogP contribution in [0.5, 0.6) is 23.0 Å². The van der Waals surface area contributed by atoms with E-state index < -0.39 is 0 Å². The number of hydrogen-bond donors (Lipinski definition) is 1. The van der Waals surface area contributed by atoms with Gasteiger partial charge in [-0.25, -0.2) is 0 Å². The summed E-state index contributed by atoms with van der Waals surface area (Å²) in [6.07, 6.45) is 5.26. The van der Waals surface area contributed by atoms with Crippen LogP contribution in [0.15, 0.2) is 71.2 Å². The van der Waals surface area contributed by atoms with Crippen LogP contribution in [0.4, 0.5) is 5.69 Å². The molecule has 3 aromatic rings. The Morgan fingerprint density at radius 3 is 2.39 bits per heavy atom. The first-order valence-corrected chi connectivity index (χ1v) is 9.48. The number of halogens is 1. The predicted molar refractivity (Wildman–Crippen MR) is 115 cm³/mol. The van der Waals surface area contributed by atoms with E-state index in [1.165, 1.54) is 0 Å². The van der Waals surface area contributed by atoms with Crippen LogP contribution >= 0.6 is 15.9 Å². The first-order chi connectivity index (χ1) is 13.7. The molecule has 28 heavy (non-hydrogen) atoms. The molecule has 3 rings (SSSR count). The molecule has 0 spiro atoms. The van der Waals surface area contributed by atoms with Crippen LogP contribution in [-0.2, 0) is 6.54 Å². The minimum atomic E-state index is 0.184. The molecular formula is C23H20BrNO3. The standard InChI is InChI=1S/C23H20BrNO3/c1-3-13-27-23-21(24)14-17(15-22(23)26-2)16-25-18-9-11-20(12-10-18)28-19-7-5-4-6-8-19/h1,4-12,14-15,25H,13,16H2,2H3. The average Bonchev–Trinajstić information content (AvgIpc) is 2.73. The van der Waals surface area contributed by atoms with E-state index in [1.54, 1.807) is 7.11 Å². The molecule has 0 saturated heterocycles. The predicted octanol–water partition coefficient (Wildman–Crippen LogP) is 5.87. The minimum absolute atomic E-state index is 0.184. The summed E-state index contributed by atoms with van der Waals surface area (Å²) in [5.74, 6) is 5.29. The highest BCUT2D eigenvalue weighted by atomic mass is 79.9. The highest BCUT2D eigenvalue weighted by Crippen LogP contribution is 2.36. The molecule has 3 aromatic carbocycles. The number of rotatable bonds is 8. The summed E-state index contributed by atoms with van der Waals surface area (Å²) in [5, 5.41) is 3.39. The Balaban J connectivity index is 1.63. The van der Waals surface area contributed by atoms with E-state index in [-0.39, 0.29) is 6.61 Å². The van der Waals surface area contributed by atoms with Crippen molar-refractivity contribution in [2.75, 3.05) is 19.0 Å². The lowest BCUT2D eigenvalue weighted by Crippen LogP contribution is -2.02. The molecule has 0 aromatic heterocycles. The Morgan fingerprint density at radius 1 is 1.00 bits per heavy atom. The molecule has 0 amide bonds. The van der Waals surface area contributed by atoms with Gasteiger partial charge in [-0.1, -0.05) is 24.1 Å². The molecule has 1 N–H and O–H groups in total. The van der Waals surface area contributed by atoms with Gasteiger partial charge >= 0.3 is 0 Å². The summed E-state index contributed by atoms with van der Waals surface area (Å²) in [6, 6.07) is 21.4. The summed E-state index contributed by atoms with van der Waals surface area (Å²) in [7, 11) is 1.60.